The molecule has 0 aliphatic rings. The van der Waals surface area contributed by atoms with E-state index >= 15 is 0 Å². The summed E-state index contributed by atoms with van der Waals surface area (Å²) in [5.41, 5.74) is 3.99. The minimum Gasteiger partial charge on any atom is -0.463 e. The van der Waals surface area contributed by atoms with Crippen LogP contribution in [0, 0.1) is 12.7 Å². The van der Waals surface area contributed by atoms with E-state index in [1.807, 2.05) is 19.1 Å². The van der Waals surface area contributed by atoms with E-state index in [4.69, 9.17) is 4.42 Å². The molecule has 1 aromatic carbocycles. The number of aryl methyl sites for hydroxylation is 1. The van der Waals surface area contributed by atoms with Gasteiger partial charge in [-0.15, -0.1) is 0 Å². The molecule has 4 heterocycles. The van der Waals surface area contributed by atoms with Crippen LogP contribution < -0.4 is 5.32 Å². The maximum atomic E-state index is 13.4. The summed E-state index contributed by atoms with van der Waals surface area (Å²) in [6.07, 6.45) is 8.79. The van der Waals surface area contributed by atoms with Crippen molar-refractivity contribution in [2.45, 2.75) is 13.3 Å². The number of aromatic nitrogens is 5. The van der Waals surface area contributed by atoms with Gasteiger partial charge in [0.15, 0.2) is 5.76 Å². The van der Waals surface area contributed by atoms with Gasteiger partial charge in [-0.3, -0.25) is 9.78 Å². The number of hydrogen-bond acceptors (Lipinski definition) is 6. The molecule has 0 saturated heterocycles. The van der Waals surface area contributed by atoms with Gasteiger partial charge in [0, 0.05) is 30.7 Å². The highest BCUT2D eigenvalue weighted by Crippen LogP contribution is 2.28. The standard InChI is InChI=1S/C26H21FN6O2/c1-17-14-30-26(32-23(17)19-6-8-20(27)9-7-19)33-24(22-5-3-13-35-22)21(16-31-33)25(34)29-12-10-18-4-2-11-28-15-18/h2-9,11,13-16H,10,12H2,1H3,(H,29,34). The molecule has 9 heteroatoms. The summed E-state index contributed by atoms with van der Waals surface area (Å²) in [4.78, 5) is 26.3. The fourth-order valence-corrected chi connectivity index (χ4v) is 3.71. The fraction of sp³-hybridized carbons (Fsp3) is 0.115. The highest BCUT2D eigenvalue weighted by molar-refractivity contribution is 5.99. The zero-order valence-corrected chi connectivity index (χ0v) is 18.9. The summed E-state index contributed by atoms with van der Waals surface area (Å²) in [5.74, 6) is 0.0904. The van der Waals surface area contributed by atoms with Crippen LogP contribution in [0.1, 0.15) is 21.5 Å². The largest absolute Gasteiger partial charge is 0.463 e. The number of carbonyl (C=O) groups excluding carboxylic acids is 1. The first-order valence-corrected chi connectivity index (χ1v) is 11.0. The monoisotopic (exact) mass is 468 g/mol. The summed E-state index contributed by atoms with van der Waals surface area (Å²) < 4.78 is 20.5. The Hall–Kier alpha value is -4.66. The maximum absolute atomic E-state index is 13.4. The Morgan fingerprint density at radius 1 is 1.09 bits per heavy atom. The van der Waals surface area contributed by atoms with Crippen molar-refractivity contribution in [3.05, 3.63) is 102 Å². The second-order valence-electron chi connectivity index (χ2n) is 7.87. The molecule has 174 valence electrons. The van der Waals surface area contributed by atoms with Crippen molar-refractivity contribution in [2.75, 3.05) is 6.54 Å². The molecule has 0 bridgehead atoms. The Balaban J connectivity index is 1.48. The molecule has 0 spiro atoms. The molecule has 4 aromatic heterocycles. The first kappa shape index (κ1) is 22.1. The number of carbonyl (C=O) groups is 1. The lowest BCUT2D eigenvalue weighted by molar-refractivity contribution is 0.0954. The van der Waals surface area contributed by atoms with Gasteiger partial charge < -0.3 is 9.73 Å². The molecule has 0 radical (unpaired) electrons. The van der Waals surface area contributed by atoms with E-state index in [0.717, 1.165) is 16.7 Å². The second kappa shape index (κ2) is 9.68. The summed E-state index contributed by atoms with van der Waals surface area (Å²) >= 11 is 0. The number of nitrogens with one attached hydrogen (secondary N) is 1. The Bertz CT molecular complexity index is 1450. The van der Waals surface area contributed by atoms with Gasteiger partial charge in [-0.05, 0) is 66.9 Å². The minimum absolute atomic E-state index is 0.260. The SMILES string of the molecule is Cc1cnc(-n2ncc(C(=O)NCCc3cccnc3)c2-c2ccco2)nc1-c1ccc(F)cc1. The van der Waals surface area contributed by atoms with Crippen molar-refractivity contribution in [1.29, 1.82) is 0 Å². The van der Waals surface area contributed by atoms with Crippen molar-refractivity contribution < 1.29 is 13.6 Å². The van der Waals surface area contributed by atoms with Crippen LogP contribution in [0.5, 0.6) is 0 Å². The Labute approximate surface area is 200 Å². The number of hydrogen-bond donors (Lipinski definition) is 1. The van der Waals surface area contributed by atoms with E-state index in [0.29, 0.717) is 35.7 Å². The molecule has 0 saturated carbocycles. The molecule has 0 unspecified atom stereocenters. The molecule has 1 amide bonds. The number of rotatable bonds is 7. The van der Waals surface area contributed by atoms with Crippen molar-refractivity contribution in [1.82, 2.24) is 30.0 Å². The van der Waals surface area contributed by atoms with Gasteiger partial charge >= 0.3 is 0 Å². The topological polar surface area (TPSA) is 98.7 Å². The number of benzene rings is 1. The number of furan rings is 1. The van der Waals surface area contributed by atoms with Crippen LogP contribution in [0.3, 0.4) is 0 Å². The average molecular weight is 468 g/mol. The molecule has 0 aliphatic carbocycles. The highest BCUT2D eigenvalue weighted by Gasteiger charge is 2.23. The quantitative estimate of drug-likeness (QED) is 0.380. The van der Waals surface area contributed by atoms with Crippen molar-refractivity contribution >= 4 is 5.91 Å². The Morgan fingerprint density at radius 3 is 2.69 bits per heavy atom. The number of amides is 1. The predicted octanol–water partition coefficient (Wildman–Crippen LogP) is 4.40. The summed E-state index contributed by atoms with van der Waals surface area (Å²) in [7, 11) is 0. The molecule has 5 rings (SSSR count). The van der Waals surface area contributed by atoms with Crippen LogP contribution in [-0.2, 0) is 6.42 Å². The van der Waals surface area contributed by atoms with Gasteiger partial charge in [-0.25, -0.2) is 14.4 Å². The van der Waals surface area contributed by atoms with Gasteiger partial charge in [-0.1, -0.05) is 6.07 Å². The van der Waals surface area contributed by atoms with E-state index in [1.165, 1.54) is 29.3 Å². The highest BCUT2D eigenvalue weighted by atomic mass is 19.1. The Kier molecular flexibility index (Phi) is 6.13. The van der Waals surface area contributed by atoms with E-state index in [2.05, 4.69) is 25.4 Å². The van der Waals surface area contributed by atoms with Crippen LogP contribution in [0.15, 0.2) is 84.0 Å². The third-order valence-corrected chi connectivity index (χ3v) is 5.46. The van der Waals surface area contributed by atoms with Crippen LogP contribution in [0.25, 0.3) is 28.7 Å². The summed E-state index contributed by atoms with van der Waals surface area (Å²) in [6, 6.07) is 13.4. The zero-order chi connectivity index (χ0) is 24.2. The zero-order valence-electron chi connectivity index (χ0n) is 18.9. The molecular formula is C26H21FN6O2. The molecule has 0 aliphatic heterocycles. The summed E-state index contributed by atoms with van der Waals surface area (Å²) in [6.45, 7) is 2.31. The van der Waals surface area contributed by atoms with Crippen molar-refractivity contribution in [2.24, 2.45) is 0 Å². The van der Waals surface area contributed by atoms with Crippen LogP contribution >= 0.6 is 0 Å². The third kappa shape index (κ3) is 4.70. The molecular weight excluding hydrogens is 447 g/mol. The predicted molar refractivity (Wildman–Crippen MR) is 127 cm³/mol. The minimum atomic E-state index is -0.327. The lowest BCUT2D eigenvalue weighted by atomic mass is 10.1. The average Bonchev–Trinajstić information content (AvgIpc) is 3.56. The Morgan fingerprint density at radius 2 is 1.94 bits per heavy atom. The van der Waals surface area contributed by atoms with Crippen LogP contribution in [0.2, 0.25) is 0 Å². The first-order chi connectivity index (χ1) is 17.1. The lowest BCUT2D eigenvalue weighted by Gasteiger charge is -2.10. The molecule has 35 heavy (non-hydrogen) atoms. The molecule has 1 N–H and O–H groups in total. The number of nitrogens with zero attached hydrogens (tertiary/aromatic N) is 5. The van der Waals surface area contributed by atoms with Crippen molar-refractivity contribution in [3.63, 3.8) is 0 Å². The normalized spacial score (nSPS) is 10.9. The van der Waals surface area contributed by atoms with Crippen molar-refractivity contribution in [3.8, 4) is 28.7 Å². The molecule has 8 nitrogen and oxygen atoms in total. The molecule has 0 fully saturated rings. The first-order valence-electron chi connectivity index (χ1n) is 11.0. The number of halogens is 1. The van der Waals surface area contributed by atoms with E-state index < -0.39 is 0 Å². The number of pyridine rings is 1. The molecule has 0 atom stereocenters. The van der Waals surface area contributed by atoms with Gasteiger partial charge in [0.25, 0.3) is 11.9 Å². The van der Waals surface area contributed by atoms with Gasteiger partial charge in [-0.2, -0.15) is 9.78 Å². The van der Waals surface area contributed by atoms with Gasteiger partial charge in [0.05, 0.1) is 23.7 Å². The van der Waals surface area contributed by atoms with E-state index in [-0.39, 0.29) is 17.7 Å². The fourth-order valence-electron chi connectivity index (χ4n) is 3.71. The summed E-state index contributed by atoms with van der Waals surface area (Å²) in [5, 5.41) is 7.34. The van der Waals surface area contributed by atoms with E-state index in [9.17, 15) is 9.18 Å². The smallest absolute Gasteiger partial charge is 0.255 e. The lowest BCUT2D eigenvalue weighted by Crippen LogP contribution is -2.26. The second-order valence-corrected chi connectivity index (χ2v) is 7.87. The van der Waals surface area contributed by atoms with E-state index in [1.54, 1.807) is 42.9 Å². The van der Waals surface area contributed by atoms with Gasteiger partial charge in [0.1, 0.15) is 11.5 Å². The maximum Gasteiger partial charge on any atom is 0.255 e. The molecule has 5 aromatic rings. The third-order valence-electron chi connectivity index (χ3n) is 5.46. The van der Waals surface area contributed by atoms with Crippen LogP contribution in [-0.4, -0.2) is 37.2 Å². The van der Waals surface area contributed by atoms with Gasteiger partial charge in [0.2, 0.25) is 0 Å². The van der Waals surface area contributed by atoms with Crippen LogP contribution in [0.4, 0.5) is 4.39 Å².